The number of piperazine rings is 1. The predicted molar refractivity (Wildman–Crippen MR) is 91.6 cm³/mol. The Kier molecular flexibility index (Phi) is 4.79. The van der Waals surface area contributed by atoms with E-state index in [1.54, 1.807) is 0 Å². The molecule has 1 aromatic carbocycles. The molecule has 1 saturated heterocycles. The van der Waals surface area contributed by atoms with Crippen LogP contribution in [0.5, 0.6) is 0 Å². The minimum Gasteiger partial charge on any atom is -0.309 e. The molecule has 118 valence electrons. The first kappa shape index (κ1) is 16.5. The van der Waals surface area contributed by atoms with E-state index in [0.717, 1.165) is 26.1 Å². The van der Waals surface area contributed by atoms with Gasteiger partial charge in [-0.1, -0.05) is 52.0 Å². The standard InChI is InChI=1S/C19H32N2/c1-7-15-8-10-16(11-9-15)13-21-14-19(5,6)20-12-17(21)18(2,3)4/h8-11,17,20H,7,12-14H2,1-6H3. The second-order valence-corrected chi connectivity index (χ2v) is 8.22. The quantitative estimate of drug-likeness (QED) is 0.909. The summed E-state index contributed by atoms with van der Waals surface area (Å²) in [6.07, 6.45) is 1.12. The Morgan fingerprint density at radius 1 is 1.14 bits per heavy atom. The molecule has 1 fully saturated rings. The third-order valence-electron chi connectivity index (χ3n) is 4.63. The van der Waals surface area contributed by atoms with Crippen molar-refractivity contribution in [2.45, 2.75) is 66.1 Å². The van der Waals surface area contributed by atoms with Crippen LogP contribution in [0.2, 0.25) is 0 Å². The Morgan fingerprint density at radius 2 is 1.71 bits per heavy atom. The summed E-state index contributed by atoms with van der Waals surface area (Å²) in [5.74, 6) is 0. The predicted octanol–water partition coefficient (Wildman–Crippen LogP) is 3.85. The van der Waals surface area contributed by atoms with Gasteiger partial charge in [-0.3, -0.25) is 4.90 Å². The van der Waals surface area contributed by atoms with Gasteiger partial charge in [-0.05, 0) is 36.8 Å². The minimum absolute atomic E-state index is 0.200. The van der Waals surface area contributed by atoms with Crippen molar-refractivity contribution in [3.05, 3.63) is 35.4 Å². The Labute approximate surface area is 130 Å². The molecule has 2 nitrogen and oxygen atoms in total. The average molecular weight is 288 g/mol. The van der Waals surface area contributed by atoms with Crippen LogP contribution in [0.15, 0.2) is 24.3 Å². The van der Waals surface area contributed by atoms with Gasteiger partial charge in [0.2, 0.25) is 0 Å². The van der Waals surface area contributed by atoms with Crippen molar-refractivity contribution < 1.29 is 0 Å². The highest BCUT2D eigenvalue weighted by atomic mass is 15.3. The second-order valence-electron chi connectivity index (χ2n) is 8.22. The molecular weight excluding hydrogens is 256 g/mol. The summed E-state index contributed by atoms with van der Waals surface area (Å²) < 4.78 is 0. The molecule has 2 rings (SSSR count). The zero-order chi connectivity index (χ0) is 15.7. The van der Waals surface area contributed by atoms with E-state index in [1.807, 2.05) is 0 Å². The molecule has 1 unspecified atom stereocenters. The lowest BCUT2D eigenvalue weighted by molar-refractivity contribution is 0.0272. The van der Waals surface area contributed by atoms with Gasteiger partial charge in [0.05, 0.1) is 0 Å². The van der Waals surface area contributed by atoms with Crippen molar-refractivity contribution in [1.29, 1.82) is 0 Å². The smallest absolute Gasteiger partial charge is 0.0273 e. The molecule has 0 aliphatic carbocycles. The van der Waals surface area contributed by atoms with Crippen LogP contribution >= 0.6 is 0 Å². The molecule has 0 aromatic heterocycles. The van der Waals surface area contributed by atoms with E-state index in [4.69, 9.17) is 0 Å². The Hall–Kier alpha value is -0.860. The highest BCUT2D eigenvalue weighted by Crippen LogP contribution is 2.30. The molecule has 0 amide bonds. The first-order chi connectivity index (χ1) is 9.71. The lowest BCUT2D eigenvalue weighted by atomic mass is 9.82. The van der Waals surface area contributed by atoms with Crippen molar-refractivity contribution in [1.82, 2.24) is 10.2 Å². The Balaban J connectivity index is 2.15. The van der Waals surface area contributed by atoms with Gasteiger partial charge in [0.15, 0.2) is 0 Å². The van der Waals surface area contributed by atoms with Gasteiger partial charge >= 0.3 is 0 Å². The number of nitrogens with one attached hydrogen (secondary N) is 1. The first-order valence-electron chi connectivity index (χ1n) is 8.28. The third kappa shape index (κ3) is 4.31. The van der Waals surface area contributed by atoms with Crippen molar-refractivity contribution in [2.24, 2.45) is 5.41 Å². The van der Waals surface area contributed by atoms with Gasteiger partial charge in [-0.15, -0.1) is 0 Å². The number of hydrogen-bond acceptors (Lipinski definition) is 2. The van der Waals surface area contributed by atoms with Crippen molar-refractivity contribution >= 4 is 0 Å². The van der Waals surface area contributed by atoms with Crippen molar-refractivity contribution in [3.63, 3.8) is 0 Å². The normalized spacial score (nSPS) is 23.2. The SMILES string of the molecule is CCc1ccc(CN2CC(C)(C)NCC2C(C)(C)C)cc1. The van der Waals surface area contributed by atoms with Gasteiger partial charge in [-0.25, -0.2) is 0 Å². The molecule has 1 heterocycles. The van der Waals surface area contributed by atoms with Gasteiger partial charge < -0.3 is 5.32 Å². The molecule has 21 heavy (non-hydrogen) atoms. The lowest BCUT2D eigenvalue weighted by Gasteiger charge is -2.49. The van der Waals surface area contributed by atoms with Crippen LogP contribution in [-0.2, 0) is 13.0 Å². The highest BCUT2D eigenvalue weighted by molar-refractivity contribution is 5.22. The fourth-order valence-corrected chi connectivity index (χ4v) is 3.31. The fourth-order valence-electron chi connectivity index (χ4n) is 3.31. The maximum absolute atomic E-state index is 3.71. The average Bonchev–Trinajstić information content (AvgIpc) is 2.37. The molecule has 1 N–H and O–H groups in total. The van der Waals surface area contributed by atoms with E-state index in [-0.39, 0.29) is 5.54 Å². The summed E-state index contributed by atoms with van der Waals surface area (Å²) in [6.45, 7) is 17.1. The van der Waals surface area contributed by atoms with Gasteiger partial charge in [0.25, 0.3) is 0 Å². The van der Waals surface area contributed by atoms with Crippen LogP contribution in [0.4, 0.5) is 0 Å². The molecule has 0 saturated carbocycles. The molecule has 0 radical (unpaired) electrons. The number of nitrogens with zero attached hydrogens (tertiary/aromatic N) is 1. The van der Waals surface area contributed by atoms with E-state index in [9.17, 15) is 0 Å². The number of hydrogen-bond donors (Lipinski definition) is 1. The van der Waals surface area contributed by atoms with E-state index in [1.165, 1.54) is 11.1 Å². The summed E-state index contributed by atoms with van der Waals surface area (Å²) in [6, 6.07) is 9.72. The monoisotopic (exact) mass is 288 g/mol. The van der Waals surface area contributed by atoms with Crippen LogP contribution in [0.25, 0.3) is 0 Å². The molecule has 1 aliphatic rings. The topological polar surface area (TPSA) is 15.3 Å². The van der Waals surface area contributed by atoms with Crippen molar-refractivity contribution in [3.8, 4) is 0 Å². The molecule has 1 aliphatic heterocycles. The highest BCUT2D eigenvalue weighted by Gasteiger charge is 2.38. The first-order valence-corrected chi connectivity index (χ1v) is 8.28. The zero-order valence-electron chi connectivity index (χ0n) is 14.7. The van der Waals surface area contributed by atoms with E-state index in [0.29, 0.717) is 11.5 Å². The van der Waals surface area contributed by atoms with Crippen LogP contribution < -0.4 is 5.32 Å². The van der Waals surface area contributed by atoms with Crippen LogP contribution in [0.1, 0.15) is 52.7 Å². The zero-order valence-corrected chi connectivity index (χ0v) is 14.7. The number of rotatable bonds is 3. The van der Waals surface area contributed by atoms with Gasteiger partial charge in [0, 0.05) is 31.2 Å². The summed E-state index contributed by atoms with van der Waals surface area (Å²) in [5, 5.41) is 3.71. The van der Waals surface area contributed by atoms with Crippen LogP contribution in [0, 0.1) is 5.41 Å². The van der Waals surface area contributed by atoms with E-state index in [2.05, 4.69) is 76.0 Å². The summed E-state index contributed by atoms with van der Waals surface area (Å²) >= 11 is 0. The molecule has 1 atom stereocenters. The summed E-state index contributed by atoms with van der Waals surface area (Å²) in [7, 11) is 0. The maximum atomic E-state index is 3.71. The minimum atomic E-state index is 0.200. The van der Waals surface area contributed by atoms with Gasteiger partial charge in [-0.2, -0.15) is 0 Å². The van der Waals surface area contributed by atoms with E-state index >= 15 is 0 Å². The van der Waals surface area contributed by atoms with Crippen LogP contribution in [-0.4, -0.2) is 29.6 Å². The van der Waals surface area contributed by atoms with E-state index < -0.39 is 0 Å². The number of aryl methyl sites for hydroxylation is 1. The maximum Gasteiger partial charge on any atom is 0.0273 e. The van der Waals surface area contributed by atoms with Gasteiger partial charge in [0.1, 0.15) is 0 Å². The molecule has 0 bridgehead atoms. The van der Waals surface area contributed by atoms with Crippen molar-refractivity contribution in [2.75, 3.05) is 13.1 Å². The molecule has 1 aromatic rings. The fraction of sp³-hybridized carbons (Fsp3) is 0.684. The second kappa shape index (κ2) is 6.10. The Bertz CT molecular complexity index is 453. The lowest BCUT2D eigenvalue weighted by Crippen LogP contribution is -2.64. The number of benzene rings is 1. The molecule has 0 spiro atoms. The third-order valence-corrected chi connectivity index (χ3v) is 4.63. The summed E-state index contributed by atoms with van der Waals surface area (Å²) in [5.41, 5.74) is 3.35. The summed E-state index contributed by atoms with van der Waals surface area (Å²) in [4.78, 5) is 2.66. The molecule has 2 heteroatoms. The van der Waals surface area contributed by atoms with Crippen LogP contribution in [0.3, 0.4) is 0 Å². The Morgan fingerprint density at radius 3 is 2.24 bits per heavy atom. The largest absolute Gasteiger partial charge is 0.309 e. The molecular formula is C19H32N2.